The molecule has 3 atom stereocenters. The number of piperidine rings is 1. The van der Waals surface area contributed by atoms with Gasteiger partial charge in [-0.05, 0) is 48.9 Å². The van der Waals surface area contributed by atoms with Crippen molar-refractivity contribution >= 4 is 5.91 Å². The Morgan fingerprint density at radius 3 is 2.92 bits per heavy atom. The molecular formula is C20H26N4O2. The van der Waals surface area contributed by atoms with Crippen LogP contribution in [0, 0.1) is 0 Å². The monoisotopic (exact) mass is 354 g/mol. The largest absolute Gasteiger partial charge is 0.497 e. The molecule has 6 heteroatoms. The highest BCUT2D eigenvalue weighted by Gasteiger charge is 2.33. The van der Waals surface area contributed by atoms with Crippen LogP contribution in [0.15, 0.2) is 30.7 Å². The first-order valence-corrected chi connectivity index (χ1v) is 9.31. The summed E-state index contributed by atoms with van der Waals surface area (Å²) >= 11 is 0. The fourth-order valence-electron chi connectivity index (χ4n) is 4.23. The third-order valence-corrected chi connectivity index (χ3v) is 5.67. The van der Waals surface area contributed by atoms with Crippen LogP contribution in [0.25, 0.3) is 0 Å². The predicted octanol–water partition coefficient (Wildman–Crippen LogP) is 1.90. The second-order valence-corrected chi connectivity index (χ2v) is 7.36. The summed E-state index contributed by atoms with van der Waals surface area (Å²) in [6.45, 7) is 0. The fourth-order valence-corrected chi connectivity index (χ4v) is 4.23. The van der Waals surface area contributed by atoms with Gasteiger partial charge in [-0.15, -0.1) is 0 Å². The van der Waals surface area contributed by atoms with E-state index in [0.717, 1.165) is 37.1 Å². The van der Waals surface area contributed by atoms with E-state index in [9.17, 15) is 4.79 Å². The number of ether oxygens (including phenoxy) is 1. The van der Waals surface area contributed by atoms with Crippen molar-refractivity contribution in [2.45, 2.75) is 50.2 Å². The minimum atomic E-state index is -0.0320. The Balaban J connectivity index is 1.50. The molecule has 1 aromatic heterocycles. The minimum absolute atomic E-state index is 0.0320. The zero-order valence-corrected chi connectivity index (χ0v) is 15.4. The van der Waals surface area contributed by atoms with Crippen LogP contribution in [0.5, 0.6) is 5.75 Å². The molecule has 2 aliphatic rings. The van der Waals surface area contributed by atoms with E-state index >= 15 is 0 Å². The number of benzene rings is 1. The predicted molar refractivity (Wildman–Crippen MR) is 99.1 cm³/mol. The van der Waals surface area contributed by atoms with E-state index in [2.05, 4.69) is 27.8 Å². The van der Waals surface area contributed by atoms with Gasteiger partial charge in [0.15, 0.2) is 0 Å². The Kier molecular flexibility index (Phi) is 4.68. The zero-order valence-electron chi connectivity index (χ0n) is 15.4. The van der Waals surface area contributed by atoms with Gasteiger partial charge in [0.25, 0.3) is 0 Å². The average Bonchev–Trinajstić information content (AvgIpc) is 3.08. The van der Waals surface area contributed by atoms with E-state index in [-0.39, 0.29) is 18.0 Å². The molecule has 1 fully saturated rings. The summed E-state index contributed by atoms with van der Waals surface area (Å²) in [7, 11) is 3.69. The normalized spacial score (nSPS) is 25.5. The van der Waals surface area contributed by atoms with Crippen molar-refractivity contribution in [3.05, 3.63) is 47.5 Å². The number of aryl methyl sites for hydroxylation is 2. The van der Waals surface area contributed by atoms with E-state index in [1.54, 1.807) is 13.4 Å². The van der Waals surface area contributed by atoms with Crippen LogP contribution in [0.2, 0.25) is 0 Å². The summed E-state index contributed by atoms with van der Waals surface area (Å²) in [5.74, 6) is 1.04. The number of amides is 1. The Hall–Kier alpha value is -2.34. The van der Waals surface area contributed by atoms with E-state index in [1.807, 2.05) is 23.9 Å². The second-order valence-electron chi connectivity index (χ2n) is 7.36. The molecule has 2 heterocycles. The van der Waals surface area contributed by atoms with Crippen molar-refractivity contribution in [3.8, 4) is 5.75 Å². The molecule has 1 aliphatic carbocycles. The molecule has 2 N–H and O–H groups in total. The number of nitrogens with zero attached hydrogens (tertiary/aromatic N) is 2. The molecule has 1 saturated heterocycles. The Morgan fingerprint density at radius 2 is 2.15 bits per heavy atom. The first-order valence-electron chi connectivity index (χ1n) is 9.31. The molecule has 1 unspecified atom stereocenters. The Bertz CT molecular complexity index is 801. The van der Waals surface area contributed by atoms with Gasteiger partial charge in [-0.2, -0.15) is 0 Å². The van der Waals surface area contributed by atoms with Gasteiger partial charge in [0, 0.05) is 25.6 Å². The lowest BCUT2D eigenvalue weighted by molar-refractivity contribution is -0.124. The van der Waals surface area contributed by atoms with E-state index < -0.39 is 0 Å². The number of carbonyl (C=O) groups excluding carboxylic acids is 1. The fraction of sp³-hybridized carbons (Fsp3) is 0.500. The molecule has 4 rings (SSSR count). The van der Waals surface area contributed by atoms with Crippen LogP contribution >= 0.6 is 0 Å². The molecule has 0 radical (unpaired) electrons. The summed E-state index contributed by atoms with van der Waals surface area (Å²) in [4.78, 5) is 16.2. The smallest absolute Gasteiger partial charge is 0.220 e. The number of rotatable bonds is 4. The summed E-state index contributed by atoms with van der Waals surface area (Å²) < 4.78 is 7.37. The number of fused-ring (bicyclic) bond motifs is 1. The van der Waals surface area contributed by atoms with Gasteiger partial charge >= 0.3 is 0 Å². The molecule has 1 aromatic carbocycles. The topological polar surface area (TPSA) is 68.2 Å². The van der Waals surface area contributed by atoms with Gasteiger partial charge in [0.05, 0.1) is 31.4 Å². The van der Waals surface area contributed by atoms with Gasteiger partial charge in [0.2, 0.25) is 5.91 Å². The third kappa shape index (κ3) is 3.33. The van der Waals surface area contributed by atoms with Crippen molar-refractivity contribution < 1.29 is 9.53 Å². The van der Waals surface area contributed by atoms with Gasteiger partial charge < -0.3 is 19.9 Å². The number of nitrogens with one attached hydrogen (secondary N) is 2. The van der Waals surface area contributed by atoms with E-state index in [0.29, 0.717) is 12.5 Å². The lowest BCUT2D eigenvalue weighted by Crippen LogP contribution is -2.52. The SMILES string of the molecule is COc1ccc2c(c1)CC(N[C@@H]1CCC(=O)N[C@H]1c1cncn1C)CC2. The van der Waals surface area contributed by atoms with Crippen LogP contribution in [-0.4, -0.2) is 34.7 Å². The number of carbonyl (C=O) groups is 1. The van der Waals surface area contributed by atoms with Crippen molar-refractivity contribution in [1.29, 1.82) is 0 Å². The van der Waals surface area contributed by atoms with Crippen LogP contribution < -0.4 is 15.4 Å². The second kappa shape index (κ2) is 7.11. The zero-order chi connectivity index (χ0) is 18.1. The molecular weight excluding hydrogens is 328 g/mol. The van der Waals surface area contributed by atoms with Gasteiger partial charge in [-0.25, -0.2) is 4.98 Å². The maximum atomic E-state index is 12.0. The molecule has 1 aliphatic heterocycles. The molecule has 0 spiro atoms. The molecule has 138 valence electrons. The number of hydrogen-bond acceptors (Lipinski definition) is 4. The Morgan fingerprint density at radius 1 is 1.27 bits per heavy atom. The minimum Gasteiger partial charge on any atom is -0.497 e. The lowest BCUT2D eigenvalue weighted by Gasteiger charge is -2.37. The van der Waals surface area contributed by atoms with Crippen molar-refractivity contribution in [2.24, 2.45) is 7.05 Å². The number of imidazole rings is 1. The van der Waals surface area contributed by atoms with Crippen LogP contribution in [0.1, 0.15) is 42.1 Å². The number of methoxy groups -OCH3 is 1. The van der Waals surface area contributed by atoms with Crippen LogP contribution in [-0.2, 0) is 24.7 Å². The van der Waals surface area contributed by atoms with Crippen LogP contribution in [0.3, 0.4) is 0 Å². The van der Waals surface area contributed by atoms with E-state index in [4.69, 9.17) is 4.74 Å². The highest BCUT2D eigenvalue weighted by Crippen LogP contribution is 2.29. The van der Waals surface area contributed by atoms with Crippen LogP contribution in [0.4, 0.5) is 0 Å². The molecule has 26 heavy (non-hydrogen) atoms. The molecule has 1 amide bonds. The first kappa shape index (κ1) is 17.1. The lowest BCUT2D eigenvalue weighted by atomic mass is 9.86. The van der Waals surface area contributed by atoms with Crippen molar-refractivity contribution in [1.82, 2.24) is 20.2 Å². The van der Waals surface area contributed by atoms with Gasteiger partial charge in [-0.3, -0.25) is 4.79 Å². The Labute approximate surface area is 154 Å². The van der Waals surface area contributed by atoms with E-state index in [1.165, 1.54) is 11.1 Å². The number of aromatic nitrogens is 2. The van der Waals surface area contributed by atoms with Crippen molar-refractivity contribution in [2.75, 3.05) is 7.11 Å². The molecule has 6 nitrogen and oxygen atoms in total. The third-order valence-electron chi connectivity index (χ3n) is 5.67. The molecule has 0 saturated carbocycles. The summed E-state index contributed by atoms with van der Waals surface area (Å²) in [5.41, 5.74) is 3.84. The summed E-state index contributed by atoms with van der Waals surface area (Å²) in [5, 5.41) is 6.98. The quantitative estimate of drug-likeness (QED) is 0.880. The van der Waals surface area contributed by atoms with Gasteiger partial charge in [-0.1, -0.05) is 6.07 Å². The standard InChI is InChI=1S/C20H26N4O2/c1-24-12-21-11-18(24)20-17(7-8-19(25)23-20)22-15-5-3-13-4-6-16(26-2)10-14(13)9-15/h4,6,10-12,15,17,20,22H,3,5,7-9H2,1-2H3,(H,23,25)/t15?,17-,20-/m1/s1. The van der Waals surface area contributed by atoms with Crippen molar-refractivity contribution in [3.63, 3.8) is 0 Å². The maximum Gasteiger partial charge on any atom is 0.220 e. The number of hydrogen-bond donors (Lipinski definition) is 2. The summed E-state index contributed by atoms with van der Waals surface area (Å²) in [6.07, 6.45) is 8.25. The highest BCUT2D eigenvalue weighted by molar-refractivity contribution is 5.77. The van der Waals surface area contributed by atoms with Gasteiger partial charge in [0.1, 0.15) is 5.75 Å². The molecule has 0 bridgehead atoms. The first-order chi connectivity index (χ1) is 12.6. The highest BCUT2D eigenvalue weighted by atomic mass is 16.5. The summed E-state index contributed by atoms with van der Waals surface area (Å²) in [6, 6.07) is 6.98. The molecule has 2 aromatic rings. The maximum absolute atomic E-state index is 12.0. The average molecular weight is 354 g/mol.